The van der Waals surface area contributed by atoms with Gasteiger partial charge >= 0.3 is 0 Å². The minimum Gasteiger partial charge on any atom is -0.340 e. The minimum atomic E-state index is 0.165. The number of carbonyl (C=O) groups is 1. The van der Waals surface area contributed by atoms with Crippen LogP contribution < -0.4 is 5.73 Å². The normalized spacial score (nSPS) is 21.9. The highest BCUT2D eigenvalue weighted by atomic mass is 16.2. The molecule has 0 aromatic heterocycles. The molecule has 0 aliphatic carbocycles. The van der Waals surface area contributed by atoms with E-state index in [0.717, 1.165) is 32.6 Å². The highest BCUT2D eigenvalue weighted by molar-refractivity contribution is 5.78. The van der Waals surface area contributed by atoms with Gasteiger partial charge in [0, 0.05) is 44.7 Å². The molecule has 1 rings (SSSR count). The van der Waals surface area contributed by atoms with Crippen molar-refractivity contribution in [2.75, 3.05) is 32.7 Å². The topological polar surface area (TPSA) is 49.6 Å². The standard InChI is InChI=1S/C12H25N3O/c1-4-10(2)12(16)15-7-5-14(6-8-15)11(3)9-13/h10-11H,4-9,13H2,1-3H3. The Kier molecular flexibility index (Phi) is 5.22. The van der Waals surface area contributed by atoms with Gasteiger partial charge in [0.2, 0.25) is 5.91 Å². The summed E-state index contributed by atoms with van der Waals surface area (Å²) in [4.78, 5) is 16.3. The zero-order chi connectivity index (χ0) is 12.1. The van der Waals surface area contributed by atoms with Gasteiger partial charge in [-0.15, -0.1) is 0 Å². The lowest BCUT2D eigenvalue weighted by atomic mass is 10.1. The first kappa shape index (κ1) is 13.5. The number of nitrogens with zero attached hydrogens (tertiary/aromatic N) is 2. The van der Waals surface area contributed by atoms with Gasteiger partial charge in [0.25, 0.3) is 0 Å². The van der Waals surface area contributed by atoms with Crippen molar-refractivity contribution in [3.8, 4) is 0 Å². The first-order valence-corrected chi connectivity index (χ1v) is 6.33. The molecule has 94 valence electrons. The summed E-state index contributed by atoms with van der Waals surface area (Å²) in [7, 11) is 0. The van der Waals surface area contributed by atoms with Gasteiger partial charge in [-0.25, -0.2) is 0 Å². The van der Waals surface area contributed by atoms with Crippen molar-refractivity contribution in [3.63, 3.8) is 0 Å². The fraction of sp³-hybridized carbons (Fsp3) is 0.917. The van der Waals surface area contributed by atoms with Crippen molar-refractivity contribution >= 4 is 5.91 Å². The third-order valence-corrected chi connectivity index (χ3v) is 3.62. The Balaban J connectivity index is 2.40. The number of hydrogen-bond donors (Lipinski definition) is 1. The zero-order valence-electron chi connectivity index (χ0n) is 10.8. The molecule has 1 aliphatic rings. The molecule has 0 aromatic rings. The molecule has 0 saturated carbocycles. The Morgan fingerprint density at radius 1 is 1.25 bits per heavy atom. The van der Waals surface area contributed by atoms with E-state index in [4.69, 9.17) is 5.73 Å². The van der Waals surface area contributed by atoms with E-state index in [0.29, 0.717) is 18.5 Å². The van der Waals surface area contributed by atoms with Crippen LogP contribution in [0.3, 0.4) is 0 Å². The van der Waals surface area contributed by atoms with E-state index in [-0.39, 0.29) is 5.92 Å². The fourth-order valence-electron chi connectivity index (χ4n) is 2.02. The van der Waals surface area contributed by atoms with Crippen LogP contribution >= 0.6 is 0 Å². The van der Waals surface area contributed by atoms with E-state index in [9.17, 15) is 4.79 Å². The molecular formula is C12H25N3O. The smallest absolute Gasteiger partial charge is 0.225 e. The van der Waals surface area contributed by atoms with Crippen molar-refractivity contribution < 1.29 is 4.79 Å². The van der Waals surface area contributed by atoms with Crippen LogP contribution in [0.2, 0.25) is 0 Å². The predicted molar refractivity (Wildman–Crippen MR) is 66.1 cm³/mol. The number of amides is 1. The van der Waals surface area contributed by atoms with Gasteiger partial charge in [0.1, 0.15) is 0 Å². The van der Waals surface area contributed by atoms with Gasteiger partial charge in [0.05, 0.1) is 0 Å². The van der Waals surface area contributed by atoms with Gasteiger partial charge in [0.15, 0.2) is 0 Å². The van der Waals surface area contributed by atoms with Crippen LogP contribution in [0, 0.1) is 5.92 Å². The monoisotopic (exact) mass is 227 g/mol. The zero-order valence-corrected chi connectivity index (χ0v) is 10.8. The fourth-order valence-corrected chi connectivity index (χ4v) is 2.02. The van der Waals surface area contributed by atoms with Crippen LogP contribution in [0.15, 0.2) is 0 Å². The molecule has 0 bridgehead atoms. The molecule has 1 fully saturated rings. The number of rotatable bonds is 4. The van der Waals surface area contributed by atoms with Crippen molar-refractivity contribution in [1.82, 2.24) is 9.80 Å². The van der Waals surface area contributed by atoms with E-state index in [1.54, 1.807) is 0 Å². The summed E-state index contributed by atoms with van der Waals surface area (Å²) in [6.07, 6.45) is 0.929. The quantitative estimate of drug-likeness (QED) is 0.762. The Morgan fingerprint density at radius 2 is 1.81 bits per heavy atom. The van der Waals surface area contributed by atoms with Crippen LogP contribution in [0.25, 0.3) is 0 Å². The first-order valence-electron chi connectivity index (χ1n) is 6.33. The molecular weight excluding hydrogens is 202 g/mol. The third-order valence-electron chi connectivity index (χ3n) is 3.62. The van der Waals surface area contributed by atoms with E-state index >= 15 is 0 Å². The summed E-state index contributed by atoms with van der Waals surface area (Å²) >= 11 is 0. The van der Waals surface area contributed by atoms with Crippen molar-refractivity contribution in [1.29, 1.82) is 0 Å². The molecule has 1 amide bonds. The van der Waals surface area contributed by atoms with Gasteiger partial charge in [-0.05, 0) is 13.3 Å². The molecule has 1 saturated heterocycles. The average molecular weight is 227 g/mol. The number of hydrogen-bond acceptors (Lipinski definition) is 3. The maximum atomic E-state index is 12.0. The molecule has 4 heteroatoms. The van der Waals surface area contributed by atoms with Gasteiger partial charge in [-0.2, -0.15) is 0 Å². The lowest BCUT2D eigenvalue weighted by Gasteiger charge is -2.38. The Hall–Kier alpha value is -0.610. The molecule has 0 spiro atoms. The predicted octanol–water partition coefficient (Wildman–Crippen LogP) is 0.524. The van der Waals surface area contributed by atoms with E-state index in [1.807, 2.05) is 11.8 Å². The second kappa shape index (κ2) is 6.21. The minimum absolute atomic E-state index is 0.165. The molecule has 2 atom stereocenters. The van der Waals surface area contributed by atoms with E-state index < -0.39 is 0 Å². The first-order chi connectivity index (χ1) is 7.60. The Labute approximate surface area is 98.8 Å². The second-order valence-electron chi connectivity index (χ2n) is 4.76. The summed E-state index contributed by atoms with van der Waals surface area (Å²) in [5, 5.41) is 0. The van der Waals surface area contributed by atoms with Gasteiger partial charge < -0.3 is 10.6 Å². The van der Waals surface area contributed by atoms with Crippen LogP contribution in [-0.2, 0) is 4.79 Å². The Bertz CT molecular complexity index is 224. The third kappa shape index (κ3) is 3.19. The van der Waals surface area contributed by atoms with E-state index in [2.05, 4.69) is 18.7 Å². The van der Waals surface area contributed by atoms with Crippen molar-refractivity contribution in [2.45, 2.75) is 33.2 Å². The van der Waals surface area contributed by atoms with Gasteiger partial charge in [-0.1, -0.05) is 13.8 Å². The largest absolute Gasteiger partial charge is 0.340 e. The maximum Gasteiger partial charge on any atom is 0.225 e. The molecule has 4 nitrogen and oxygen atoms in total. The highest BCUT2D eigenvalue weighted by Crippen LogP contribution is 2.11. The molecule has 1 heterocycles. The molecule has 2 unspecified atom stereocenters. The van der Waals surface area contributed by atoms with Crippen molar-refractivity contribution in [3.05, 3.63) is 0 Å². The number of carbonyl (C=O) groups excluding carboxylic acids is 1. The molecule has 0 aromatic carbocycles. The highest BCUT2D eigenvalue weighted by Gasteiger charge is 2.25. The van der Waals surface area contributed by atoms with Crippen LogP contribution in [0.1, 0.15) is 27.2 Å². The number of piperazine rings is 1. The summed E-state index contributed by atoms with van der Waals surface area (Å²) in [5.74, 6) is 0.473. The lowest BCUT2D eigenvalue weighted by Crippen LogP contribution is -2.53. The maximum absolute atomic E-state index is 12.0. The summed E-state index contributed by atoms with van der Waals surface area (Å²) in [5.41, 5.74) is 5.64. The lowest BCUT2D eigenvalue weighted by molar-refractivity contribution is -0.137. The number of nitrogens with two attached hydrogens (primary N) is 1. The Morgan fingerprint density at radius 3 is 2.25 bits per heavy atom. The second-order valence-corrected chi connectivity index (χ2v) is 4.76. The van der Waals surface area contributed by atoms with Crippen LogP contribution in [-0.4, -0.2) is 54.5 Å². The summed E-state index contributed by atoms with van der Waals surface area (Å²) in [6.45, 7) is 10.5. The van der Waals surface area contributed by atoms with E-state index in [1.165, 1.54) is 0 Å². The van der Waals surface area contributed by atoms with Crippen molar-refractivity contribution in [2.24, 2.45) is 11.7 Å². The van der Waals surface area contributed by atoms with Crippen LogP contribution in [0.4, 0.5) is 0 Å². The molecule has 1 aliphatic heterocycles. The molecule has 2 N–H and O–H groups in total. The SMILES string of the molecule is CCC(C)C(=O)N1CCN(C(C)CN)CC1. The summed E-state index contributed by atoms with van der Waals surface area (Å²) in [6, 6.07) is 0.431. The summed E-state index contributed by atoms with van der Waals surface area (Å²) < 4.78 is 0. The molecule has 16 heavy (non-hydrogen) atoms. The van der Waals surface area contributed by atoms with Gasteiger partial charge in [-0.3, -0.25) is 9.69 Å². The average Bonchev–Trinajstić information content (AvgIpc) is 2.36. The van der Waals surface area contributed by atoms with Crippen LogP contribution in [0.5, 0.6) is 0 Å². The molecule has 0 radical (unpaired) electrons.